The number of benzene rings is 5. The van der Waals surface area contributed by atoms with Crippen LogP contribution < -0.4 is 42.5 Å². The van der Waals surface area contributed by atoms with Gasteiger partial charge in [0.1, 0.15) is 80.2 Å². The molecule has 25 rings (SSSR count). The van der Waals surface area contributed by atoms with Crippen molar-refractivity contribution in [2.24, 2.45) is 0 Å². The van der Waals surface area contributed by atoms with Crippen molar-refractivity contribution in [1.82, 2.24) is 75.6 Å². The molecule has 0 radical (unpaired) electrons. The smallest absolute Gasteiger partial charge is 0.176 e. The number of likely N-dealkylation sites (N-methyl/N-ethyl adjacent to an activating group) is 2. The van der Waals surface area contributed by atoms with E-state index in [0.29, 0.717) is 134 Å². The molecule has 0 aliphatic carbocycles. The fraction of sp³-hybridized carbons (Fsp3) is 0.314. The van der Waals surface area contributed by atoms with E-state index >= 15 is 0 Å². The van der Waals surface area contributed by atoms with Crippen LogP contribution in [0.4, 0.5) is 123 Å². The lowest BCUT2D eigenvalue weighted by molar-refractivity contribution is 0.176. The van der Waals surface area contributed by atoms with Crippen molar-refractivity contribution in [3.05, 3.63) is 231 Å². The van der Waals surface area contributed by atoms with E-state index < -0.39 is 116 Å². The lowest BCUT2D eigenvalue weighted by atomic mass is 9.89. The Labute approximate surface area is 869 Å². The summed E-state index contributed by atoms with van der Waals surface area (Å²) >= 11 is 13.3. The average molecular weight is 2200 g/mol. The quantitative estimate of drug-likeness (QED) is 0.0446. The van der Waals surface area contributed by atoms with Gasteiger partial charge in [0.25, 0.3) is 0 Å². The molecule has 0 bridgehead atoms. The van der Waals surface area contributed by atoms with Gasteiger partial charge in [-0.15, -0.1) is 113 Å². The minimum Gasteiger partial charge on any atom is -0.348 e. The van der Waals surface area contributed by atoms with E-state index in [1.807, 2.05) is 30.3 Å². The number of fused-ring (bicyclic) bond motifs is 10. The van der Waals surface area contributed by atoms with Crippen LogP contribution in [0.3, 0.4) is 0 Å². The molecule has 0 spiro atoms. The number of aromatic nitrogens is 10. The zero-order chi connectivity index (χ0) is 102. The standard InChI is InChI=1S/2C21H19F3N4S2.3C20H17F3N4S2/c2*1-10-11(4-3-5-28(10)2)15-6-12-18(14(23)8-25-21(12)30-15)27-19-13(22)7-16-20(17(19)24)26-9-29-16;3*1-9-10(3-2-4-24-9)14-5-11-17(13(22)7-25-20(11)29-14)27-18-12(21)6-15-19(16(18)23)26-8-28-15/h2*6-11H,3-5H2,1-2H3,(H,25,27);3*5-10,24H,2-4H2,1H3,(H,25,27)/t10-,11+;10-,11-;9-,10+;9-,10-;/m1001./s1. The van der Waals surface area contributed by atoms with Gasteiger partial charge in [-0.2, -0.15) is 0 Å². The van der Waals surface area contributed by atoms with Gasteiger partial charge < -0.3 is 52.3 Å². The van der Waals surface area contributed by atoms with Crippen molar-refractivity contribution in [3.63, 3.8) is 0 Å². The summed E-state index contributed by atoms with van der Waals surface area (Å²) in [6, 6.07) is 17.2. The molecule has 0 amide bonds. The van der Waals surface area contributed by atoms with Crippen LogP contribution in [0.1, 0.15) is 153 Å². The van der Waals surface area contributed by atoms with Crippen molar-refractivity contribution >= 4 is 272 Å². The Morgan fingerprint density at radius 2 is 0.463 bits per heavy atom. The number of thiazole rings is 5. The van der Waals surface area contributed by atoms with E-state index in [9.17, 15) is 65.9 Å². The summed E-state index contributed by atoms with van der Waals surface area (Å²) in [6.07, 6.45) is 16.1. The van der Waals surface area contributed by atoms with Crippen molar-refractivity contribution in [1.29, 1.82) is 0 Å². The highest BCUT2D eigenvalue weighted by atomic mass is 32.1. The van der Waals surface area contributed by atoms with Gasteiger partial charge >= 0.3 is 0 Å². The minimum atomic E-state index is -0.828. The summed E-state index contributed by atoms with van der Waals surface area (Å²) in [5, 5.41) is 26.3. The fourth-order valence-electron chi connectivity index (χ4n) is 20.0. The summed E-state index contributed by atoms with van der Waals surface area (Å²) in [4.78, 5) is 54.1. The second-order valence-corrected chi connectivity index (χ2v) is 46.8. The van der Waals surface area contributed by atoms with Crippen LogP contribution in [-0.4, -0.2) is 137 Å². The first-order chi connectivity index (χ1) is 70.9. The maximum atomic E-state index is 14.9. The Balaban J connectivity index is 0.000000108. The molecule has 2 unspecified atom stereocenters. The van der Waals surface area contributed by atoms with Gasteiger partial charge in [0, 0.05) is 111 Å². The molecule has 5 saturated heterocycles. The van der Waals surface area contributed by atoms with Crippen LogP contribution in [0.5, 0.6) is 0 Å². The lowest BCUT2D eigenvalue weighted by Crippen LogP contribution is -2.39. The second-order valence-electron chi connectivity index (χ2n) is 37.0. The molecule has 20 nitrogen and oxygen atoms in total. The van der Waals surface area contributed by atoms with E-state index in [0.717, 1.165) is 209 Å². The molecule has 8 N–H and O–H groups in total. The Hall–Kier alpha value is -11.2. The Morgan fingerprint density at radius 3 is 0.673 bits per heavy atom. The van der Waals surface area contributed by atoms with E-state index in [-0.39, 0.29) is 56.0 Å². The van der Waals surface area contributed by atoms with Crippen molar-refractivity contribution < 1.29 is 65.9 Å². The zero-order valence-electron chi connectivity index (χ0n) is 79.0. The van der Waals surface area contributed by atoms with E-state index in [1.54, 1.807) is 0 Å². The third-order valence-electron chi connectivity index (χ3n) is 28.2. The molecule has 20 heterocycles. The van der Waals surface area contributed by atoms with Crippen molar-refractivity contribution in [3.8, 4) is 0 Å². The van der Waals surface area contributed by atoms with Gasteiger partial charge in [-0.3, -0.25) is 0 Å². The Kier molecular flexibility index (Phi) is 29.5. The number of halogens is 15. The third-order valence-corrected chi connectivity index (χ3v) is 38.0. The molecule has 5 aliphatic rings. The highest BCUT2D eigenvalue weighted by Gasteiger charge is 2.36. The molecule has 5 aromatic carbocycles. The number of likely N-dealkylation sites (tertiary alicyclic amines) is 2. The first-order valence-corrected chi connectivity index (χ1v) is 55.8. The van der Waals surface area contributed by atoms with Gasteiger partial charge in [-0.25, -0.2) is 116 Å². The highest BCUT2D eigenvalue weighted by molar-refractivity contribution is 7.21. The number of nitrogens with one attached hydrogen (secondary N) is 8. The number of rotatable bonds is 15. The summed E-state index contributed by atoms with van der Waals surface area (Å²) in [5.74, 6) is -9.80. The molecule has 5 fully saturated rings. The lowest BCUT2D eigenvalue weighted by Gasteiger charge is -2.36. The number of hydrogen-bond donors (Lipinski definition) is 8. The van der Waals surface area contributed by atoms with Gasteiger partial charge in [0.2, 0.25) is 0 Å². The predicted molar refractivity (Wildman–Crippen MR) is 568 cm³/mol. The number of piperidine rings is 5. The normalized spacial score (nSPS) is 20.0. The third kappa shape index (κ3) is 20.0. The van der Waals surface area contributed by atoms with Crippen LogP contribution in [0, 0.1) is 87.3 Å². The number of thiophene rings is 5. The van der Waals surface area contributed by atoms with Gasteiger partial charge in [-0.1, -0.05) is 0 Å². The molecule has 147 heavy (non-hydrogen) atoms. The molecule has 5 aliphatic heterocycles. The first kappa shape index (κ1) is 102. The van der Waals surface area contributed by atoms with Crippen LogP contribution in [0.15, 0.2) is 119 Å². The van der Waals surface area contributed by atoms with Crippen molar-refractivity contribution in [2.45, 2.75) is 159 Å². The molecule has 0 saturated carbocycles. The summed E-state index contributed by atoms with van der Waals surface area (Å²) < 4.78 is 223. The Morgan fingerprint density at radius 1 is 0.259 bits per heavy atom. The molecular formula is C102H89F15N20S10. The second kappa shape index (κ2) is 42.7. The Bertz CT molecular complexity index is 7740. The molecule has 20 aromatic rings. The number of anilines is 10. The van der Waals surface area contributed by atoms with E-state index in [2.05, 4.69) is 151 Å². The van der Waals surface area contributed by atoms with Crippen LogP contribution >= 0.6 is 113 Å². The molecule has 15 aromatic heterocycles. The van der Waals surface area contributed by atoms with E-state index in [1.165, 1.54) is 115 Å². The van der Waals surface area contributed by atoms with Crippen molar-refractivity contribution in [2.75, 3.05) is 73.4 Å². The molecule has 762 valence electrons. The fourth-order valence-corrected chi connectivity index (χ4v) is 29.7. The largest absolute Gasteiger partial charge is 0.348 e. The molecule has 45 heteroatoms. The monoisotopic (exact) mass is 2200 g/mol. The van der Waals surface area contributed by atoms with Crippen LogP contribution in [0.2, 0.25) is 0 Å². The predicted octanol–water partition coefficient (Wildman–Crippen LogP) is 30.3. The minimum absolute atomic E-state index is 0.0290. The highest BCUT2D eigenvalue weighted by Crippen LogP contribution is 2.50. The zero-order valence-corrected chi connectivity index (χ0v) is 87.2. The SMILES string of the molecule is CC1NCCCC1c1cc2c(Nc3c(F)cc4scnc4c3F)c(F)cnc2s1.C[C@@H]1NCCC[C@H]1c1cc2c(Nc3c(F)cc4scnc4c3F)c(F)cnc2s1.C[C@@H]1[C@@H](c2cc3c(Nc4c(F)cc5scnc5c4F)c(F)cnc3s2)CCCN1C.C[C@H]1NCCC[C@H]1c1cc2c(Nc3c(F)cc4scnc4c3F)c(F)cnc2s1.C[C@H]1[C@@H](c2cc3c(Nc4c(F)cc5scnc5c4F)c(F)cnc3s2)CCCN1C. The van der Waals surface area contributed by atoms with Gasteiger partial charge in [0.15, 0.2) is 87.3 Å². The van der Waals surface area contributed by atoms with Gasteiger partial charge in [-0.05, 0) is 206 Å². The maximum absolute atomic E-state index is 14.9. The summed E-state index contributed by atoms with van der Waals surface area (Å²) in [5.41, 5.74) is 5.73. The van der Waals surface area contributed by atoms with Gasteiger partial charge in [0.05, 0.1) is 110 Å². The molecule has 10 atom stereocenters. The molecular weight excluding hydrogens is 2110 g/mol. The average Bonchev–Trinajstić information content (AvgIpc) is 1.82. The topological polar surface area (TPSA) is 232 Å². The van der Waals surface area contributed by atoms with Crippen LogP contribution in [-0.2, 0) is 0 Å². The van der Waals surface area contributed by atoms with Crippen LogP contribution in [0.25, 0.3) is 102 Å². The number of nitrogens with zero attached hydrogens (tertiary/aromatic N) is 12. The summed E-state index contributed by atoms with van der Waals surface area (Å²) in [6.45, 7) is 15.9. The summed E-state index contributed by atoms with van der Waals surface area (Å²) in [7, 11) is 4.21. The maximum Gasteiger partial charge on any atom is 0.176 e. The first-order valence-electron chi connectivity index (χ1n) is 47.4. The number of hydrogen-bond acceptors (Lipinski definition) is 30. The number of pyridine rings is 5. The van der Waals surface area contributed by atoms with E-state index in [4.69, 9.17) is 0 Å².